The summed E-state index contributed by atoms with van der Waals surface area (Å²) in [4.78, 5) is 25.9. The number of rotatable bonds is 3. The minimum absolute atomic E-state index is 0.00537. The van der Waals surface area contributed by atoms with E-state index in [1.54, 1.807) is 18.7 Å². The summed E-state index contributed by atoms with van der Waals surface area (Å²) in [6, 6.07) is 1.61. The molecule has 0 saturated heterocycles. The largest absolute Gasteiger partial charge is 0.461 e. The van der Waals surface area contributed by atoms with E-state index in [4.69, 9.17) is 4.74 Å². The summed E-state index contributed by atoms with van der Waals surface area (Å²) >= 11 is 0. The second kappa shape index (κ2) is 6.81. The highest BCUT2D eigenvalue weighted by Gasteiger charge is 2.31. The van der Waals surface area contributed by atoms with E-state index >= 15 is 0 Å². The highest BCUT2D eigenvalue weighted by molar-refractivity contribution is 5.95. The van der Waals surface area contributed by atoms with Gasteiger partial charge in [0.25, 0.3) is 5.91 Å². The summed E-state index contributed by atoms with van der Waals surface area (Å²) in [6.07, 6.45) is 0.384. The van der Waals surface area contributed by atoms with Gasteiger partial charge in [-0.3, -0.25) is 9.48 Å². The maximum Gasteiger partial charge on any atom is 0.359 e. The highest BCUT2D eigenvalue weighted by Crippen LogP contribution is 2.25. The Morgan fingerprint density at radius 2 is 1.96 bits per heavy atom. The number of ether oxygens (including phenoxy) is 1. The summed E-state index contributed by atoms with van der Waals surface area (Å²) in [5.41, 5.74) is 0.804. The average molecular weight is 367 g/mol. The van der Waals surface area contributed by atoms with Crippen molar-refractivity contribution in [3.63, 3.8) is 0 Å². The number of aromatic nitrogens is 2. The smallest absolute Gasteiger partial charge is 0.359 e. The molecule has 0 N–H and O–H groups in total. The molecule has 0 radical (unpaired) electrons. The molecule has 1 aromatic carbocycles. The highest BCUT2D eigenvalue weighted by atomic mass is 19.2. The summed E-state index contributed by atoms with van der Waals surface area (Å²) in [6.45, 7) is 2.06. The lowest BCUT2D eigenvalue weighted by molar-refractivity contribution is 0.0513. The van der Waals surface area contributed by atoms with Crippen LogP contribution in [0.15, 0.2) is 12.1 Å². The van der Waals surface area contributed by atoms with Crippen LogP contribution in [0.3, 0.4) is 0 Å². The standard InChI is InChI=1S/C17H16F3N3O3/c1-3-26-17(25)15-10-8-23(7-6-12(10)22(2)21-15)16(24)9-4-5-11(18)14(20)13(9)19/h4-5H,3,6-8H2,1-2H3. The number of fused-ring (bicyclic) bond motifs is 1. The molecule has 26 heavy (non-hydrogen) atoms. The Labute approximate surface area is 147 Å². The first-order chi connectivity index (χ1) is 12.3. The summed E-state index contributed by atoms with van der Waals surface area (Å²) in [5, 5.41) is 4.14. The number of nitrogens with zero attached hydrogens (tertiary/aromatic N) is 3. The van der Waals surface area contributed by atoms with Crippen LogP contribution in [0.5, 0.6) is 0 Å². The summed E-state index contributed by atoms with van der Waals surface area (Å²) in [7, 11) is 1.67. The van der Waals surface area contributed by atoms with Gasteiger partial charge >= 0.3 is 5.97 Å². The fourth-order valence-electron chi connectivity index (χ4n) is 2.99. The molecule has 9 heteroatoms. The maximum absolute atomic E-state index is 13.9. The third-order valence-corrected chi connectivity index (χ3v) is 4.26. The van der Waals surface area contributed by atoms with E-state index < -0.39 is 34.9 Å². The van der Waals surface area contributed by atoms with Crippen LogP contribution < -0.4 is 0 Å². The molecule has 0 unspecified atom stereocenters. The minimum atomic E-state index is -1.69. The van der Waals surface area contributed by atoms with E-state index in [-0.39, 0.29) is 25.4 Å². The van der Waals surface area contributed by atoms with Crippen LogP contribution >= 0.6 is 0 Å². The van der Waals surface area contributed by atoms with E-state index in [0.29, 0.717) is 18.1 Å². The molecule has 0 spiro atoms. The topological polar surface area (TPSA) is 64.4 Å². The van der Waals surface area contributed by atoms with Gasteiger partial charge in [0.1, 0.15) is 0 Å². The summed E-state index contributed by atoms with van der Waals surface area (Å²) in [5.74, 6) is -5.99. The van der Waals surface area contributed by atoms with Crippen molar-refractivity contribution in [2.24, 2.45) is 7.05 Å². The second-order valence-electron chi connectivity index (χ2n) is 5.82. The molecule has 6 nitrogen and oxygen atoms in total. The number of amides is 1. The molecule has 0 fully saturated rings. The van der Waals surface area contributed by atoms with E-state index in [0.717, 1.165) is 11.8 Å². The van der Waals surface area contributed by atoms with Crippen LogP contribution in [-0.2, 0) is 24.8 Å². The zero-order valence-electron chi connectivity index (χ0n) is 14.2. The van der Waals surface area contributed by atoms with E-state index in [2.05, 4.69) is 5.10 Å². The number of hydrogen-bond acceptors (Lipinski definition) is 4. The third kappa shape index (κ3) is 2.93. The van der Waals surface area contributed by atoms with Gasteiger partial charge in [0.15, 0.2) is 23.1 Å². The van der Waals surface area contributed by atoms with Gasteiger partial charge in [-0.05, 0) is 19.1 Å². The molecule has 138 valence electrons. The van der Waals surface area contributed by atoms with Gasteiger partial charge in [-0.15, -0.1) is 0 Å². The normalized spacial score (nSPS) is 13.5. The first-order valence-corrected chi connectivity index (χ1v) is 7.99. The number of halogens is 3. The Morgan fingerprint density at radius 3 is 2.65 bits per heavy atom. The Balaban J connectivity index is 1.92. The van der Waals surface area contributed by atoms with Crippen molar-refractivity contribution in [2.75, 3.05) is 13.2 Å². The van der Waals surface area contributed by atoms with Crippen LogP contribution in [0.25, 0.3) is 0 Å². The molecule has 0 saturated carbocycles. The second-order valence-corrected chi connectivity index (χ2v) is 5.82. The molecule has 0 atom stereocenters. The van der Waals surface area contributed by atoms with Gasteiger partial charge < -0.3 is 9.64 Å². The SMILES string of the molecule is CCOC(=O)c1nn(C)c2c1CN(C(=O)c1ccc(F)c(F)c1F)CC2. The molecule has 1 aromatic heterocycles. The Bertz CT molecular complexity index is 895. The van der Waals surface area contributed by atoms with Crippen LogP contribution in [0, 0.1) is 17.5 Å². The molecule has 1 aliphatic rings. The molecule has 0 bridgehead atoms. The van der Waals surface area contributed by atoms with Gasteiger partial charge in [0, 0.05) is 31.3 Å². The van der Waals surface area contributed by atoms with E-state index in [1.807, 2.05) is 0 Å². The molecule has 3 rings (SSSR count). The van der Waals surface area contributed by atoms with Gasteiger partial charge in [-0.25, -0.2) is 18.0 Å². The van der Waals surface area contributed by atoms with E-state index in [1.165, 1.54) is 4.90 Å². The van der Waals surface area contributed by atoms with Crippen LogP contribution in [0.1, 0.15) is 39.0 Å². The van der Waals surface area contributed by atoms with Gasteiger partial charge in [0.2, 0.25) is 0 Å². The van der Waals surface area contributed by atoms with Crippen molar-refractivity contribution in [1.29, 1.82) is 0 Å². The first kappa shape index (κ1) is 18.0. The fraction of sp³-hybridized carbons (Fsp3) is 0.353. The lowest BCUT2D eigenvalue weighted by atomic mass is 10.0. The monoisotopic (exact) mass is 367 g/mol. The molecule has 1 aliphatic heterocycles. The zero-order valence-corrected chi connectivity index (χ0v) is 14.2. The maximum atomic E-state index is 13.9. The van der Waals surface area contributed by atoms with E-state index in [9.17, 15) is 22.8 Å². The molecular weight excluding hydrogens is 351 g/mol. The number of hydrogen-bond donors (Lipinski definition) is 0. The molecule has 2 aromatic rings. The predicted molar refractivity (Wildman–Crippen MR) is 83.9 cm³/mol. The number of esters is 1. The first-order valence-electron chi connectivity index (χ1n) is 7.99. The number of carbonyl (C=O) groups excluding carboxylic acids is 2. The minimum Gasteiger partial charge on any atom is -0.461 e. The van der Waals surface area contributed by atoms with Crippen LogP contribution in [-0.4, -0.2) is 39.7 Å². The number of carbonyl (C=O) groups is 2. The predicted octanol–water partition coefficient (Wildman–Crippen LogP) is 2.21. The van der Waals surface area contributed by atoms with Crippen molar-refractivity contribution in [3.8, 4) is 0 Å². The molecular formula is C17H16F3N3O3. The van der Waals surface area contributed by atoms with Crippen molar-refractivity contribution in [2.45, 2.75) is 19.9 Å². The Kier molecular flexibility index (Phi) is 4.71. The third-order valence-electron chi connectivity index (χ3n) is 4.26. The van der Waals surface area contributed by atoms with Crippen molar-refractivity contribution in [3.05, 3.63) is 52.1 Å². The van der Waals surface area contributed by atoms with Gasteiger partial charge in [-0.1, -0.05) is 0 Å². The zero-order chi connectivity index (χ0) is 19.0. The van der Waals surface area contributed by atoms with Crippen molar-refractivity contribution >= 4 is 11.9 Å². The summed E-state index contributed by atoms with van der Waals surface area (Å²) < 4.78 is 46.9. The fourth-order valence-corrected chi connectivity index (χ4v) is 2.99. The van der Waals surface area contributed by atoms with Crippen LogP contribution in [0.2, 0.25) is 0 Å². The van der Waals surface area contributed by atoms with Gasteiger partial charge in [0.05, 0.1) is 18.7 Å². The lowest BCUT2D eigenvalue weighted by Gasteiger charge is -2.27. The molecule has 2 heterocycles. The lowest BCUT2D eigenvalue weighted by Crippen LogP contribution is -2.37. The number of benzene rings is 1. The van der Waals surface area contributed by atoms with Crippen molar-refractivity contribution in [1.82, 2.24) is 14.7 Å². The van der Waals surface area contributed by atoms with Crippen LogP contribution in [0.4, 0.5) is 13.2 Å². The quantitative estimate of drug-likeness (QED) is 0.616. The number of aryl methyl sites for hydroxylation is 1. The van der Waals surface area contributed by atoms with Crippen molar-refractivity contribution < 1.29 is 27.5 Å². The molecule has 0 aliphatic carbocycles. The molecule has 1 amide bonds. The average Bonchev–Trinajstić information content (AvgIpc) is 2.96. The Morgan fingerprint density at radius 1 is 1.23 bits per heavy atom. The Hall–Kier alpha value is -2.84. The van der Waals surface area contributed by atoms with Gasteiger partial charge in [-0.2, -0.15) is 5.10 Å².